The van der Waals surface area contributed by atoms with Gasteiger partial charge in [0.1, 0.15) is 12.4 Å². The largest absolute Gasteiger partial charge is 0.489 e. The summed E-state index contributed by atoms with van der Waals surface area (Å²) in [6, 6.07) is 16.4. The van der Waals surface area contributed by atoms with Crippen LogP contribution in [0.1, 0.15) is 29.4 Å². The molecule has 2 aromatic carbocycles. The number of hydrogen-bond donors (Lipinski definition) is 2. The maximum atomic E-state index is 6.04. The van der Waals surface area contributed by atoms with Gasteiger partial charge < -0.3 is 10.2 Å². The highest BCUT2D eigenvalue weighted by atomic mass is 32.1. The van der Waals surface area contributed by atoms with Gasteiger partial charge in [0.2, 0.25) is 4.77 Å². The van der Waals surface area contributed by atoms with Gasteiger partial charge in [-0.1, -0.05) is 55.0 Å². The molecule has 0 bridgehead atoms. The van der Waals surface area contributed by atoms with Crippen LogP contribution in [-0.2, 0) is 19.6 Å². The van der Waals surface area contributed by atoms with Crippen molar-refractivity contribution in [3.05, 3.63) is 75.8 Å². The van der Waals surface area contributed by atoms with Crippen molar-refractivity contribution in [2.24, 2.45) is 0 Å². The van der Waals surface area contributed by atoms with Crippen molar-refractivity contribution in [3.63, 3.8) is 0 Å². The van der Waals surface area contributed by atoms with Gasteiger partial charge in [-0.15, -0.1) is 0 Å². The lowest BCUT2D eigenvalue weighted by Gasteiger charge is -2.14. The standard InChI is InChI=1S/C19H22N4OS/c1-3-18-21-22-19(25)23(18)20-12-16-9-4-5-10-17(16)24-13-15-8-6-7-14(2)11-15/h4-11,20H,3,12-13H2,1-2H3,(H,22,25). The summed E-state index contributed by atoms with van der Waals surface area (Å²) in [6.07, 6.45) is 0.797. The van der Waals surface area contributed by atoms with Crippen LogP contribution in [0.3, 0.4) is 0 Å². The number of aryl methyl sites for hydroxylation is 2. The van der Waals surface area contributed by atoms with Crippen molar-refractivity contribution in [2.45, 2.75) is 33.4 Å². The van der Waals surface area contributed by atoms with E-state index in [1.165, 1.54) is 5.56 Å². The van der Waals surface area contributed by atoms with Crippen molar-refractivity contribution in [3.8, 4) is 5.75 Å². The molecule has 0 aliphatic carbocycles. The number of rotatable bonds is 7. The monoisotopic (exact) mass is 354 g/mol. The SMILES string of the molecule is CCc1n[nH]c(=S)n1NCc1ccccc1OCc1cccc(C)c1. The Morgan fingerprint density at radius 2 is 2.04 bits per heavy atom. The van der Waals surface area contributed by atoms with Crippen LogP contribution in [0, 0.1) is 11.7 Å². The Balaban J connectivity index is 1.70. The molecule has 0 atom stereocenters. The lowest BCUT2D eigenvalue weighted by molar-refractivity contribution is 0.303. The maximum absolute atomic E-state index is 6.04. The molecular formula is C19H22N4OS. The fourth-order valence-corrected chi connectivity index (χ4v) is 2.86. The van der Waals surface area contributed by atoms with Gasteiger partial charge in [0.15, 0.2) is 5.82 Å². The number of hydrogen-bond acceptors (Lipinski definition) is 4. The Labute approximate surface area is 152 Å². The van der Waals surface area contributed by atoms with Crippen molar-refractivity contribution in [1.29, 1.82) is 0 Å². The fraction of sp³-hybridized carbons (Fsp3) is 0.263. The van der Waals surface area contributed by atoms with Crippen molar-refractivity contribution < 1.29 is 4.74 Å². The summed E-state index contributed by atoms with van der Waals surface area (Å²) in [5.74, 6) is 1.74. The van der Waals surface area contributed by atoms with E-state index in [-0.39, 0.29) is 0 Å². The minimum absolute atomic E-state index is 0.546. The molecule has 1 heterocycles. The molecule has 3 aromatic rings. The third kappa shape index (κ3) is 4.28. The lowest BCUT2D eigenvalue weighted by Crippen LogP contribution is -2.17. The molecule has 130 valence electrons. The number of aromatic nitrogens is 3. The minimum atomic E-state index is 0.546. The van der Waals surface area contributed by atoms with E-state index in [9.17, 15) is 0 Å². The van der Waals surface area contributed by atoms with Crippen LogP contribution in [0.5, 0.6) is 5.75 Å². The van der Waals surface area contributed by atoms with Gasteiger partial charge >= 0.3 is 0 Å². The Kier molecular flexibility index (Phi) is 5.50. The second kappa shape index (κ2) is 7.98. The van der Waals surface area contributed by atoms with Gasteiger partial charge in [-0.25, -0.2) is 4.68 Å². The van der Waals surface area contributed by atoms with E-state index in [2.05, 4.69) is 46.8 Å². The first kappa shape index (κ1) is 17.2. The van der Waals surface area contributed by atoms with Crippen LogP contribution in [0.2, 0.25) is 0 Å². The van der Waals surface area contributed by atoms with E-state index in [1.54, 1.807) is 0 Å². The number of benzene rings is 2. The molecule has 6 heteroatoms. The minimum Gasteiger partial charge on any atom is -0.489 e. The Bertz CT molecular complexity index is 900. The number of nitrogens with zero attached hydrogens (tertiary/aromatic N) is 2. The molecule has 1 aromatic heterocycles. The van der Waals surface area contributed by atoms with Crippen LogP contribution in [-0.4, -0.2) is 14.9 Å². The van der Waals surface area contributed by atoms with E-state index < -0.39 is 0 Å². The first-order chi connectivity index (χ1) is 12.2. The Morgan fingerprint density at radius 1 is 1.20 bits per heavy atom. The number of aromatic amines is 1. The molecule has 5 nitrogen and oxygen atoms in total. The van der Waals surface area contributed by atoms with E-state index in [1.807, 2.05) is 35.9 Å². The molecular weight excluding hydrogens is 332 g/mol. The number of nitrogens with one attached hydrogen (secondary N) is 2. The molecule has 3 rings (SSSR count). The van der Waals surface area contributed by atoms with E-state index in [4.69, 9.17) is 17.0 Å². The number of H-pyrrole nitrogens is 1. The quantitative estimate of drug-likeness (QED) is 0.626. The molecule has 0 fully saturated rings. The second-order valence-corrected chi connectivity index (χ2v) is 6.24. The van der Waals surface area contributed by atoms with Gasteiger partial charge in [0.25, 0.3) is 0 Å². The molecule has 0 aliphatic rings. The highest BCUT2D eigenvalue weighted by molar-refractivity contribution is 7.71. The summed E-state index contributed by atoms with van der Waals surface area (Å²) in [6.45, 7) is 5.28. The normalized spacial score (nSPS) is 10.6. The van der Waals surface area contributed by atoms with E-state index in [0.717, 1.165) is 29.1 Å². The van der Waals surface area contributed by atoms with Crippen LogP contribution >= 0.6 is 12.2 Å². The summed E-state index contributed by atoms with van der Waals surface area (Å²) in [5.41, 5.74) is 6.78. The predicted molar refractivity (Wildman–Crippen MR) is 102 cm³/mol. The average molecular weight is 354 g/mol. The second-order valence-electron chi connectivity index (χ2n) is 5.85. The maximum Gasteiger partial charge on any atom is 0.214 e. The van der Waals surface area contributed by atoms with Crippen molar-refractivity contribution in [2.75, 3.05) is 5.43 Å². The molecule has 0 saturated heterocycles. The van der Waals surface area contributed by atoms with Gasteiger partial charge in [-0.3, -0.25) is 5.10 Å². The smallest absolute Gasteiger partial charge is 0.214 e. The molecule has 2 N–H and O–H groups in total. The van der Waals surface area contributed by atoms with Gasteiger partial charge in [0.05, 0.1) is 6.54 Å². The topological polar surface area (TPSA) is 54.9 Å². The van der Waals surface area contributed by atoms with Gasteiger partial charge in [-0.05, 0) is 30.8 Å². The predicted octanol–water partition coefficient (Wildman–Crippen LogP) is 4.13. The first-order valence-corrected chi connectivity index (χ1v) is 8.74. The Hall–Kier alpha value is -2.60. The first-order valence-electron chi connectivity index (χ1n) is 8.33. The van der Waals surface area contributed by atoms with Gasteiger partial charge in [0, 0.05) is 12.0 Å². The number of para-hydroxylation sites is 1. The highest BCUT2D eigenvalue weighted by Crippen LogP contribution is 2.20. The third-order valence-electron chi connectivity index (χ3n) is 3.94. The summed E-state index contributed by atoms with van der Waals surface area (Å²) in [4.78, 5) is 0. The molecule has 0 radical (unpaired) electrons. The summed E-state index contributed by atoms with van der Waals surface area (Å²) in [7, 11) is 0. The molecule has 25 heavy (non-hydrogen) atoms. The summed E-state index contributed by atoms with van der Waals surface area (Å²) < 4.78 is 8.41. The zero-order valence-corrected chi connectivity index (χ0v) is 15.3. The molecule has 0 aliphatic heterocycles. The van der Waals surface area contributed by atoms with Crippen molar-refractivity contribution >= 4 is 12.2 Å². The summed E-state index contributed by atoms with van der Waals surface area (Å²) in [5, 5.41) is 7.02. The van der Waals surface area contributed by atoms with Gasteiger partial charge in [-0.2, -0.15) is 5.10 Å². The number of ether oxygens (including phenoxy) is 1. The molecule has 0 unspecified atom stereocenters. The average Bonchev–Trinajstić information content (AvgIpc) is 2.99. The Morgan fingerprint density at radius 3 is 2.84 bits per heavy atom. The summed E-state index contributed by atoms with van der Waals surface area (Å²) >= 11 is 5.27. The molecule has 0 amide bonds. The fourth-order valence-electron chi connectivity index (χ4n) is 2.65. The zero-order valence-electron chi connectivity index (χ0n) is 14.5. The zero-order chi connectivity index (χ0) is 17.6. The van der Waals surface area contributed by atoms with Crippen LogP contribution in [0.15, 0.2) is 48.5 Å². The van der Waals surface area contributed by atoms with E-state index in [0.29, 0.717) is 17.9 Å². The van der Waals surface area contributed by atoms with Crippen LogP contribution in [0.25, 0.3) is 0 Å². The molecule has 0 saturated carbocycles. The molecule has 0 spiro atoms. The lowest BCUT2D eigenvalue weighted by atomic mass is 10.1. The third-order valence-corrected chi connectivity index (χ3v) is 4.21. The van der Waals surface area contributed by atoms with Crippen LogP contribution in [0.4, 0.5) is 0 Å². The van der Waals surface area contributed by atoms with Crippen molar-refractivity contribution in [1.82, 2.24) is 14.9 Å². The highest BCUT2D eigenvalue weighted by Gasteiger charge is 2.07. The van der Waals surface area contributed by atoms with Crippen LogP contribution < -0.4 is 10.2 Å². The van der Waals surface area contributed by atoms with E-state index >= 15 is 0 Å².